The lowest BCUT2D eigenvalue weighted by Crippen LogP contribution is -2.26. The van der Waals surface area contributed by atoms with Crippen LogP contribution in [-0.2, 0) is 41.2 Å². The molecule has 2 aliphatic heterocycles. The molecule has 4 aromatic rings. The molecule has 2 aliphatic rings. The second-order valence-corrected chi connectivity index (χ2v) is 17.3. The third-order valence-electron chi connectivity index (χ3n) is 9.97. The summed E-state index contributed by atoms with van der Waals surface area (Å²) in [5.74, 6) is 0. The van der Waals surface area contributed by atoms with Gasteiger partial charge in [0.15, 0.2) is 11.4 Å². The summed E-state index contributed by atoms with van der Waals surface area (Å²) in [5.41, 5.74) is 5.35. The van der Waals surface area contributed by atoms with E-state index >= 15 is 0 Å². The molecule has 0 atom stereocenters. The molecule has 11 nitrogen and oxygen atoms in total. The normalized spacial score (nSPS) is 17.1. The molecule has 0 unspecified atom stereocenters. The van der Waals surface area contributed by atoms with Crippen molar-refractivity contribution in [3.63, 3.8) is 0 Å². The summed E-state index contributed by atoms with van der Waals surface area (Å²) in [4.78, 5) is -0.802. The predicted molar refractivity (Wildman–Crippen MR) is 184 cm³/mol. The zero-order valence-electron chi connectivity index (χ0n) is 28.0. The molecular formula is C34H39N2O9S3+. The van der Waals surface area contributed by atoms with Crippen molar-refractivity contribution >= 4 is 74.7 Å². The van der Waals surface area contributed by atoms with Gasteiger partial charge in [-0.2, -0.15) is 26.0 Å². The molecule has 4 aromatic carbocycles. The quantitative estimate of drug-likeness (QED) is 0.188. The summed E-state index contributed by atoms with van der Waals surface area (Å²) in [6.07, 6.45) is 0. The standard InChI is InChI=1S/C17H19NO6S2.C17H19NO3S/c1-5-18-10(2)17(3,4)16-13-8-11(25(19,20)21)6-7-12(13)15(9-14(16)18)26(22,23)24;1-5-18-11(2)17(3,4)16-14-8-7-13(22(19,20)21)10-12(14)6-9-15(16)18/h6-9H,5H2,1-4H3,(H-,19,20,21,22,23,24);6-10H,5H2,1-4H3/p+1. The average Bonchev–Trinajstić information content (AvgIpc) is 3.31. The number of fused-ring (bicyclic) bond motifs is 6. The van der Waals surface area contributed by atoms with Crippen molar-refractivity contribution in [1.29, 1.82) is 0 Å². The van der Waals surface area contributed by atoms with Crippen molar-refractivity contribution in [3.05, 3.63) is 65.7 Å². The molecule has 0 bridgehead atoms. The number of nitrogens with zero attached hydrogens (tertiary/aromatic N) is 2. The summed E-state index contributed by atoms with van der Waals surface area (Å²) in [6.45, 7) is 17.8. The Kier molecular flexibility index (Phi) is 8.59. The highest BCUT2D eigenvalue weighted by Crippen LogP contribution is 2.47. The zero-order valence-corrected chi connectivity index (χ0v) is 30.4. The van der Waals surface area contributed by atoms with Gasteiger partial charge in [-0.25, -0.2) is 8.42 Å². The fourth-order valence-electron chi connectivity index (χ4n) is 7.15. The molecule has 2 N–H and O–H groups in total. The molecule has 48 heavy (non-hydrogen) atoms. The lowest BCUT2D eigenvalue weighted by Gasteiger charge is -2.18. The van der Waals surface area contributed by atoms with Crippen molar-refractivity contribution in [2.24, 2.45) is 0 Å². The fraction of sp³-hybridized carbons (Fsp3) is 0.353. The van der Waals surface area contributed by atoms with Gasteiger partial charge >= 0.3 is 0 Å². The largest absolute Gasteiger partial charge is 0.744 e. The number of rotatable bonds is 5. The van der Waals surface area contributed by atoms with Crippen LogP contribution in [0.3, 0.4) is 0 Å². The van der Waals surface area contributed by atoms with Crippen LogP contribution in [0.5, 0.6) is 0 Å². The Morgan fingerprint density at radius 3 is 1.62 bits per heavy atom. The molecule has 0 aromatic heterocycles. The lowest BCUT2D eigenvalue weighted by molar-refractivity contribution is -0.434. The van der Waals surface area contributed by atoms with E-state index in [9.17, 15) is 38.9 Å². The molecular weight excluding hydrogens is 677 g/mol. The van der Waals surface area contributed by atoms with Crippen molar-refractivity contribution < 1.29 is 48.1 Å². The van der Waals surface area contributed by atoms with Gasteiger partial charge < -0.3 is 4.55 Å². The first-order valence-electron chi connectivity index (χ1n) is 15.3. The Hall–Kier alpha value is -3.53. The van der Waals surface area contributed by atoms with Gasteiger partial charge in [0.25, 0.3) is 20.2 Å². The second-order valence-electron chi connectivity index (χ2n) is 13.1. The van der Waals surface area contributed by atoms with Crippen LogP contribution in [0, 0.1) is 0 Å². The maximum Gasteiger partial charge on any atom is 0.295 e. The minimum Gasteiger partial charge on any atom is -0.744 e. The van der Waals surface area contributed by atoms with Crippen LogP contribution >= 0.6 is 0 Å². The summed E-state index contributed by atoms with van der Waals surface area (Å²) in [5, 5.41) is 2.36. The van der Waals surface area contributed by atoms with E-state index in [-0.39, 0.29) is 25.5 Å². The highest BCUT2D eigenvalue weighted by atomic mass is 32.2. The zero-order chi connectivity index (χ0) is 35.9. The van der Waals surface area contributed by atoms with E-state index in [0.29, 0.717) is 17.6 Å². The molecule has 256 valence electrons. The third kappa shape index (κ3) is 5.67. The first kappa shape index (κ1) is 35.8. The molecule has 0 saturated carbocycles. The third-order valence-corrected chi connectivity index (χ3v) is 12.5. The van der Waals surface area contributed by atoms with Crippen LogP contribution in [0.25, 0.3) is 21.5 Å². The van der Waals surface area contributed by atoms with Crippen molar-refractivity contribution in [3.8, 4) is 0 Å². The van der Waals surface area contributed by atoms with E-state index in [2.05, 4.69) is 32.3 Å². The molecule has 2 heterocycles. The molecule has 0 amide bonds. The topological polar surface area (TPSA) is 172 Å². The van der Waals surface area contributed by atoms with Gasteiger partial charge in [0.05, 0.1) is 20.6 Å². The van der Waals surface area contributed by atoms with Gasteiger partial charge in [-0.1, -0.05) is 12.1 Å². The van der Waals surface area contributed by atoms with Crippen molar-refractivity contribution in [2.45, 2.75) is 80.9 Å². The molecule has 6 rings (SSSR count). The van der Waals surface area contributed by atoms with Gasteiger partial charge in [-0.15, -0.1) is 0 Å². The van der Waals surface area contributed by atoms with E-state index in [1.807, 2.05) is 44.4 Å². The minimum atomic E-state index is -4.53. The van der Waals surface area contributed by atoms with E-state index in [4.69, 9.17) is 0 Å². The first-order chi connectivity index (χ1) is 22.0. The first-order valence-corrected chi connectivity index (χ1v) is 19.6. The molecule has 0 radical (unpaired) electrons. The maximum atomic E-state index is 11.9. The number of hydrogen-bond donors (Lipinski definition) is 2. The Bertz CT molecular complexity index is 2460. The SMILES string of the molecule is CC[N+]1=C(C)C(C)(C)c2c1cc(S(=O)(=O)O)c1ccc(S(=O)(=O)O)cc21.CC[N+]1=C(C)C(C)(C)c2c1ccc1cc(S(=O)(=O)[O-])ccc21. The Morgan fingerprint density at radius 2 is 1.12 bits per heavy atom. The van der Waals surface area contributed by atoms with Crippen LogP contribution in [0.1, 0.15) is 66.5 Å². The summed E-state index contributed by atoms with van der Waals surface area (Å²) < 4.78 is 104. The Morgan fingerprint density at radius 1 is 0.625 bits per heavy atom. The molecule has 0 aliphatic carbocycles. The van der Waals surface area contributed by atoms with Crippen molar-refractivity contribution in [1.82, 2.24) is 0 Å². The second kappa shape index (κ2) is 11.5. The molecule has 14 heteroatoms. The lowest BCUT2D eigenvalue weighted by atomic mass is 9.80. The fourth-order valence-corrected chi connectivity index (χ4v) is 8.88. The van der Waals surface area contributed by atoms with Gasteiger partial charge in [-0.3, -0.25) is 9.11 Å². The average molecular weight is 716 g/mol. The molecule has 0 saturated heterocycles. The van der Waals surface area contributed by atoms with Gasteiger partial charge in [0.2, 0.25) is 11.4 Å². The van der Waals surface area contributed by atoms with Crippen molar-refractivity contribution in [2.75, 3.05) is 13.1 Å². The van der Waals surface area contributed by atoms with E-state index < -0.39 is 35.8 Å². The summed E-state index contributed by atoms with van der Waals surface area (Å²) >= 11 is 0. The van der Waals surface area contributed by atoms with Crippen LogP contribution < -0.4 is 0 Å². The van der Waals surface area contributed by atoms with Gasteiger partial charge in [0, 0.05) is 42.5 Å². The van der Waals surface area contributed by atoms with E-state index in [1.54, 1.807) is 6.07 Å². The highest BCUT2D eigenvalue weighted by molar-refractivity contribution is 7.86. The predicted octanol–water partition coefficient (Wildman–Crippen LogP) is 5.91. The van der Waals surface area contributed by atoms with E-state index in [0.717, 1.165) is 40.3 Å². The van der Waals surface area contributed by atoms with Gasteiger partial charge in [-0.05, 0) is 88.0 Å². The van der Waals surface area contributed by atoms with Crippen LogP contribution in [-0.4, -0.2) is 72.6 Å². The van der Waals surface area contributed by atoms with Crippen LogP contribution in [0.2, 0.25) is 0 Å². The number of benzene rings is 4. The smallest absolute Gasteiger partial charge is 0.295 e. The Balaban J connectivity index is 0.000000190. The maximum absolute atomic E-state index is 11.9. The Labute approximate surface area is 281 Å². The monoisotopic (exact) mass is 715 g/mol. The van der Waals surface area contributed by atoms with E-state index in [1.165, 1.54) is 41.6 Å². The molecule has 0 fully saturated rings. The van der Waals surface area contributed by atoms with Crippen LogP contribution in [0.15, 0.2) is 69.3 Å². The highest BCUT2D eigenvalue weighted by Gasteiger charge is 2.46. The van der Waals surface area contributed by atoms with Crippen LogP contribution in [0.4, 0.5) is 11.4 Å². The minimum absolute atomic E-state index is 0.122. The summed E-state index contributed by atoms with van der Waals surface area (Å²) in [7, 11) is -13.4. The number of hydrogen-bond acceptors (Lipinski definition) is 7. The van der Waals surface area contributed by atoms with Gasteiger partial charge in [0.1, 0.15) is 28.1 Å². The molecule has 0 spiro atoms. The summed E-state index contributed by atoms with van der Waals surface area (Å²) in [6, 6.07) is 13.6.